The van der Waals surface area contributed by atoms with Crippen molar-refractivity contribution in [3.8, 4) is 5.75 Å². The SMILES string of the molecule is CC[C@H](C)NC(=O)[C@H](Cc1ccccc1)N(Cc1cccc(Br)c1)C(=O)COc1ccc(Cl)c(C)c1. The molecule has 2 atom stereocenters. The molecule has 0 bridgehead atoms. The van der Waals surface area contributed by atoms with Gasteiger partial charge < -0.3 is 15.0 Å². The summed E-state index contributed by atoms with van der Waals surface area (Å²) in [5.74, 6) is 0.0954. The molecule has 0 aliphatic carbocycles. The monoisotopic (exact) mass is 570 g/mol. The molecule has 0 fully saturated rings. The number of nitrogens with zero attached hydrogens (tertiary/aromatic N) is 1. The van der Waals surface area contributed by atoms with E-state index in [1.165, 1.54) is 0 Å². The van der Waals surface area contributed by atoms with Crippen LogP contribution >= 0.6 is 27.5 Å². The Labute approximate surface area is 226 Å². The van der Waals surface area contributed by atoms with Gasteiger partial charge in [-0.05, 0) is 67.3 Å². The number of ether oxygens (including phenoxy) is 1. The van der Waals surface area contributed by atoms with Gasteiger partial charge in [-0.15, -0.1) is 0 Å². The number of benzene rings is 3. The molecule has 0 spiro atoms. The van der Waals surface area contributed by atoms with Crippen LogP contribution in [-0.2, 0) is 22.6 Å². The lowest BCUT2D eigenvalue weighted by Gasteiger charge is -2.32. The Balaban J connectivity index is 1.91. The van der Waals surface area contributed by atoms with E-state index >= 15 is 0 Å². The van der Waals surface area contributed by atoms with Crippen LogP contribution in [0.1, 0.15) is 37.0 Å². The Hall–Kier alpha value is -2.83. The average Bonchev–Trinajstić information content (AvgIpc) is 2.87. The summed E-state index contributed by atoms with van der Waals surface area (Å²) in [5.41, 5.74) is 2.75. The maximum atomic E-state index is 13.6. The van der Waals surface area contributed by atoms with E-state index in [1.54, 1.807) is 23.1 Å². The van der Waals surface area contributed by atoms with Crippen LogP contribution in [0.3, 0.4) is 0 Å². The highest BCUT2D eigenvalue weighted by Crippen LogP contribution is 2.22. The number of amides is 2. The Morgan fingerprint density at radius 3 is 2.42 bits per heavy atom. The largest absolute Gasteiger partial charge is 0.484 e. The fourth-order valence-electron chi connectivity index (χ4n) is 3.76. The van der Waals surface area contributed by atoms with Crippen molar-refractivity contribution in [3.63, 3.8) is 0 Å². The van der Waals surface area contributed by atoms with Crippen molar-refractivity contribution >= 4 is 39.3 Å². The van der Waals surface area contributed by atoms with Gasteiger partial charge in [-0.1, -0.05) is 76.9 Å². The highest BCUT2D eigenvalue weighted by molar-refractivity contribution is 9.10. The predicted octanol–water partition coefficient (Wildman–Crippen LogP) is 6.34. The van der Waals surface area contributed by atoms with Gasteiger partial charge in [0.25, 0.3) is 5.91 Å². The normalized spacial score (nSPS) is 12.5. The van der Waals surface area contributed by atoms with Crippen LogP contribution in [-0.4, -0.2) is 35.4 Å². The summed E-state index contributed by atoms with van der Waals surface area (Å²) < 4.78 is 6.74. The Morgan fingerprint density at radius 1 is 1.03 bits per heavy atom. The van der Waals surface area contributed by atoms with Gasteiger partial charge in [-0.2, -0.15) is 0 Å². The zero-order valence-corrected chi connectivity index (χ0v) is 23.2. The van der Waals surface area contributed by atoms with Crippen molar-refractivity contribution in [1.82, 2.24) is 10.2 Å². The number of aryl methyl sites for hydroxylation is 1. The summed E-state index contributed by atoms with van der Waals surface area (Å²) in [6, 6.07) is 22.1. The summed E-state index contributed by atoms with van der Waals surface area (Å²) in [4.78, 5) is 28.8. The van der Waals surface area contributed by atoms with Crippen molar-refractivity contribution in [1.29, 1.82) is 0 Å². The smallest absolute Gasteiger partial charge is 0.261 e. The molecule has 0 saturated heterocycles. The number of carbonyl (C=O) groups excluding carboxylic acids is 2. The van der Waals surface area contributed by atoms with E-state index in [4.69, 9.17) is 16.3 Å². The first-order valence-electron chi connectivity index (χ1n) is 12.0. The van der Waals surface area contributed by atoms with Crippen molar-refractivity contribution in [2.75, 3.05) is 6.61 Å². The standard InChI is InChI=1S/C29H32BrClN2O3/c1-4-21(3)32-29(35)27(17-22-9-6-5-7-10-22)33(18-23-11-8-12-24(30)16-23)28(34)19-36-25-13-14-26(31)20(2)15-25/h5-16,21,27H,4,17-19H2,1-3H3,(H,32,35)/t21-,27-/m0/s1. The number of halogens is 2. The number of carbonyl (C=O) groups is 2. The van der Waals surface area contributed by atoms with E-state index in [9.17, 15) is 9.59 Å². The van der Waals surface area contributed by atoms with Crippen LogP contribution in [0.4, 0.5) is 0 Å². The molecule has 3 rings (SSSR count). The highest BCUT2D eigenvalue weighted by atomic mass is 79.9. The first kappa shape index (κ1) is 27.8. The molecule has 0 aromatic heterocycles. The molecule has 0 saturated carbocycles. The first-order valence-corrected chi connectivity index (χ1v) is 13.2. The van der Waals surface area contributed by atoms with Crippen LogP contribution in [0.2, 0.25) is 5.02 Å². The zero-order chi connectivity index (χ0) is 26.1. The molecule has 0 radical (unpaired) electrons. The molecule has 190 valence electrons. The third-order valence-electron chi connectivity index (χ3n) is 6.01. The van der Waals surface area contributed by atoms with Crippen LogP contribution in [0.25, 0.3) is 0 Å². The lowest BCUT2D eigenvalue weighted by atomic mass is 10.0. The summed E-state index contributed by atoms with van der Waals surface area (Å²) in [6.07, 6.45) is 1.19. The number of hydrogen-bond acceptors (Lipinski definition) is 3. The van der Waals surface area contributed by atoms with E-state index in [2.05, 4.69) is 21.2 Å². The lowest BCUT2D eigenvalue weighted by molar-refractivity contribution is -0.143. The molecule has 3 aromatic carbocycles. The molecular weight excluding hydrogens is 540 g/mol. The summed E-state index contributed by atoms with van der Waals surface area (Å²) >= 11 is 9.63. The van der Waals surface area contributed by atoms with E-state index in [0.717, 1.165) is 27.6 Å². The van der Waals surface area contributed by atoms with Gasteiger partial charge in [-0.3, -0.25) is 9.59 Å². The third kappa shape index (κ3) is 8.10. The molecule has 3 aromatic rings. The van der Waals surface area contributed by atoms with Gasteiger partial charge in [0, 0.05) is 28.5 Å². The molecule has 0 aliphatic rings. The van der Waals surface area contributed by atoms with Crippen LogP contribution in [0, 0.1) is 6.92 Å². The molecule has 0 aliphatic heterocycles. The van der Waals surface area contributed by atoms with Crippen molar-refractivity contribution in [3.05, 3.63) is 99.0 Å². The minimum Gasteiger partial charge on any atom is -0.484 e. The molecule has 0 unspecified atom stereocenters. The second-order valence-electron chi connectivity index (χ2n) is 8.87. The summed E-state index contributed by atoms with van der Waals surface area (Å²) in [5, 5.41) is 3.71. The average molecular weight is 572 g/mol. The molecule has 5 nitrogen and oxygen atoms in total. The van der Waals surface area contributed by atoms with Crippen molar-refractivity contribution in [2.24, 2.45) is 0 Å². The quantitative estimate of drug-likeness (QED) is 0.292. The number of rotatable bonds is 11. The minimum atomic E-state index is -0.705. The van der Waals surface area contributed by atoms with Crippen LogP contribution < -0.4 is 10.1 Å². The van der Waals surface area contributed by atoms with E-state index in [0.29, 0.717) is 17.2 Å². The Morgan fingerprint density at radius 2 is 1.75 bits per heavy atom. The Kier molecular flexibility index (Phi) is 10.4. The van der Waals surface area contributed by atoms with Crippen molar-refractivity contribution in [2.45, 2.75) is 52.2 Å². The maximum absolute atomic E-state index is 13.6. The first-order chi connectivity index (χ1) is 17.3. The number of hydrogen-bond donors (Lipinski definition) is 1. The molecule has 2 amide bonds. The fourth-order valence-corrected chi connectivity index (χ4v) is 4.33. The number of nitrogens with one attached hydrogen (secondary N) is 1. The van der Waals surface area contributed by atoms with Gasteiger partial charge in [0.05, 0.1) is 0 Å². The van der Waals surface area contributed by atoms with Gasteiger partial charge in [0.15, 0.2) is 6.61 Å². The summed E-state index contributed by atoms with van der Waals surface area (Å²) in [6.45, 7) is 5.93. The minimum absolute atomic E-state index is 0.00751. The van der Waals surface area contributed by atoms with Gasteiger partial charge in [-0.25, -0.2) is 0 Å². The lowest BCUT2D eigenvalue weighted by Crippen LogP contribution is -2.53. The third-order valence-corrected chi connectivity index (χ3v) is 6.92. The van der Waals surface area contributed by atoms with Gasteiger partial charge in [0.1, 0.15) is 11.8 Å². The second kappa shape index (κ2) is 13.5. The van der Waals surface area contributed by atoms with Crippen molar-refractivity contribution < 1.29 is 14.3 Å². The molecule has 1 N–H and O–H groups in total. The predicted molar refractivity (Wildman–Crippen MR) is 148 cm³/mol. The maximum Gasteiger partial charge on any atom is 0.261 e. The van der Waals surface area contributed by atoms with E-state index < -0.39 is 6.04 Å². The summed E-state index contributed by atoms with van der Waals surface area (Å²) in [7, 11) is 0. The highest BCUT2D eigenvalue weighted by Gasteiger charge is 2.31. The van der Waals surface area contributed by atoms with Gasteiger partial charge in [0.2, 0.25) is 5.91 Å². The molecule has 0 heterocycles. The molecule has 36 heavy (non-hydrogen) atoms. The van der Waals surface area contributed by atoms with E-state index in [1.807, 2.05) is 75.4 Å². The fraction of sp³-hybridized carbons (Fsp3) is 0.310. The Bertz CT molecular complexity index is 1170. The van der Waals surface area contributed by atoms with Gasteiger partial charge >= 0.3 is 0 Å². The van der Waals surface area contributed by atoms with Crippen LogP contribution in [0.15, 0.2) is 77.3 Å². The second-order valence-corrected chi connectivity index (χ2v) is 10.2. The zero-order valence-electron chi connectivity index (χ0n) is 20.8. The van der Waals surface area contributed by atoms with E-state index in [-0.39, 0.29) is 31.0 Å². The topological polar surface area (TPSA) is 58.6 Å². The van der Waals surface area contributed by atoms with Crippen LogP contribution in [0.5, 0.6) is 5.75 Å². The molecule has 7 heteroatoms. The molecular formula is C29H32BrClN2O3.